The van der Waals surface area contributed by atoms with Gasteiger partial charge in [0.25, 0.3) is 0 Å². The summed E-state index contributed by atoms with van der Waals surface area (Å²) < 4.78 is 0. The molecule has 0 amide bonds. The van der Waals surface area contributed by atoms with Crippen LogP contribution in [0.3, 0.4) is 0 Å². The van der Waals surface area contributed by atoms with Gasteiger partial charge in [0.2, 0.25) is 0 Å². The first-order chi connectivity index (χ1) is 9.42. The van der Waals surface area contributed by atoms with Crippen LogP contribution in [0.5, 0.6) is 0 Å². The van der Waals surface area contributed by atoms with Crippen LogP contribution in [0.1, 0.15) is 41.5 Å². The zero-order valence-electron chi connectivity index (χ0n) is 14.7. The summed E-state index contributed by atoms with van der Waals surface area (Å²) in [5.74, 6) is 4.20. The van der Waals surface area contributed by atoms with Gasteiger partial charge < -0.3 is 0 Å². The van der Waals surface area contributed by atoms with Crippen molar-refractivity contribution >= 4 is 48.7 Å². The molecule has 0 saturated carbocycles. The van der Waals surface area contributed by atoms with E-state index in [1.165, 1.54) is 37.0 Å². The monoisotopic (exact) mass is 605 g/mol. The minimum absolute atomic E-state index is 0.446. The second-order valence-corrected chi connectivity index (χ2v) is 18.2. The van der Waals surface area contributed by atoms with Crippen LogP contribution in [0.4, 0.5) is 0 Å². The summed E-state index contributed by atoms with van der Waals surface area (Å²) in [5.41, 5.74) is 0. The Bertz CT molecular complexity index is 111. The summed E-state index contributed by atoms with van der Waals surface area (Å²) in [5, 5.41) is 0. The molecule has 0 rings (SSSR count). The molecule has 0 aromatic rings. The fourth-order valence-corrected chi connectivity index (χ4v) is 4.02. The normalized spacial score (nSPS) is 9.35. The van der Waals surface area contributed by atoms with Crippen LogP contribution in [-0.4, -0.2) is 50.4 Å². The van der Waals surface area contributed by atoms with Crippen LogP contribution in [0, 0.1) is 0 Å². The second-order valence-electron chi connectivity index (χ2n) is 4.12. The van der Waals surface area contributed by atoms with Crippen molar-refractivity contribution in [3.8, 4) is 0 Å². The number of halogens is 2. The molecular formula is C14H36Cl2GeP2Pt. The summed E-state index contributed by atoms with van der Waals surface area (Å²) in [6.45, 7) is 13.7. The maximum absolute atomic E-state index is 5.44. The third-order valence-electron chi connectivity index (χ3n) is 2.68. The molecule has 1 radical (unpaired) electrons. The first kappa shape index (κ1) is 30.5. The van der Waals surface area contributed by atoms with E-state index in [1.54, 1.807) is 18.8 Å². The third kappa shape index (κ3) is 37.2. The van der Waals surface area contributed by atoms with Crippen molar-refractivity contribution in [2.45, 2.75) is 53.1 Å². The van der Waals surface area contributed by atoms with E-state index in [0.717, 1.165) is 0 Å². The van der Waals surface area contributed by atoms with Crippen molar-refractivity contribution in [1.82, 2.24) is 0 Å². The van der Waals surface area contributed by atoms with E-state index in [-0.39, 0.29) is 0 Å². The van der Waals surface area contributed by atoms with Crippen LogP contribution < -0.4 is 0 Å². The average molecular weight is 605 g/mol. The van der Waals surface area contributed by atoms with Gasteiger partial charge >= 0.3 is 63.1 Å². The Morgan fingerprint density at radius 3 is 0.750 bits per heavy atom. The number of rotatable bonds is 6. The Labute approximate surface area is 156 Å². The van der Waals surface area contributed by atoms with E-state index in [1.807, 2.05) is 0 Å². The molecule has 0 atom stereocenters. The van der Waals surface area contributed by atoms with Gasteiger partial charge in [-0.2, -0.15) is 0 Å². The summed E-state index contributed by atoms with van der Waals surface area (Å²) in [6.07, 6.45) is 8.51. The Hall–Kier alpha value is 2.67. The van der Waals surface area contributed by atoms with Crippen molar-refractivity contribution in [3.05, 3.63) is 0 Å². The van der Waals surface area contributed by atoms with Crippen molar-refractivity contribution < 1.29 is 18.8 Å². The summed E-state index contributed by atoms with van der Waals surface area (Å²) in [6, 6.07) is 0. The zero-order valence-corrected chi connectivity index (χ0v) is 22.4. The van der Waals surface area contributed by atoms with E-state index >= 15 is 0 Å². The first-order valence-electron chi connectivity index (χ1n) is 7.45. The van der Waals surface area contributed by atoms with E-state index in [2.05, 4.69) is 62.5 Å². The van der Waals surface area contributed by atoms with E-state index < -0.39 is 13.4 Å². The molecule has 6 heteroatoms. The van der Waals surface area contributed by atoms with Crippen LogP contribution >= 0.6 is 35.3 Å². The molecule has 0 nitrogen and oxygen atoms in total. The topological polar surface area (TPSA) is 0 Å². The maximum atomic E-state index is 5.44. The minimum atomic E-state index is -0.861. The molecule has 0 aliphatic carbocycles. The fraction of sp³-hybridized carbons (Fsp3) is 1.00. The molecule has 0 aromatic heterocycles. The van der Waals surface area contributed by atoms with Gasteiger partial charge in [-0.1, -0.05) is 41.5 Å². The van der Waals surface area contributed by atoms with Crippen LogP contribution in [0.15, 0.2) is 0 Å². The van der Waals surface area contributed by atoms with Gasteiger partial charge in [0.05, 0.1) is 0 Å². The first-order valence-corrected chi connectivity index (χ1v) is 21.0. The molecule has 0 unspecified atom stereocenters. The summed E-state index contributed by atoms with van der Waals surface area (Å²) in [7, 11) is 10.9. The second kappa shape index (κ2) is 29.7. The van der Waals surface area contributed by atoms with Crippen molar-refractivity contribution in [2.75, 3.05) is 37.0 Å². The quantitative estimate of drug-likeness (QED) is 0.222. The zero-order chi connectivity index (χ0) is 17.0. The van der Waals surface area contributed by atoms with Crippen molar-refractivity contribution in [1.29, 1.82) is 0 Å². The molecule has 0 spiro atoms. The van der Waals surface area contributed by atoms with Crippen molar-refractivity contribution in [2.24, 2.45) is 0 Å². The fourth-order valence-electron chi connectivity index (χ4n) is 1.34. The van der Waals surface area contributed by atoms with E-state index in [0.29, 0.717) is 15.8 Å². The SMILES string of the molecule is CCP(CC)CC.CCP(CC)CC.[CH3][Ge]([CH3])[Cl].[Cl][Pt]. The van der Waals surface area contributed by atoms with E-state index in [9.17, 15) is 0 Å². The van der Waals surface area contributed by atoms with E-state index in [4.69, 9.17) is 10.0 Å². The average Bonchev–Trinajstić information content (AvgIpc) is 2.45. The number of hydrogen-bond acceptors (Lipinski definition) is 0. The van der Waals surface area contributed by atoms with Crippen LogP contribution in [0.25, 0.3) is 0 Å². The molecule has 0 heterocycles. The third-order valence-corrected chi connectivity index (χ3v) is 8.05. The molecule has 0 aromatic carbocycles. The predicted octanol–water partition coefficient (Wildman–Crippen LogP) is 7.22. The van der Waals surface area contributed by atoms with Crippen molar-refractivity contribution in [3.63, 3.8) is 0 Å². The van der Waals surface area contributed by atoms with Gasteiger partial charge in [-0.25, -0.2) is 0 Å². The molecule has 0 bridgehead atoms. The molecule has 130 valence electrons. The molecule has 0 N–H and O–H groups in total. The molecule has 20 heavy (non-hydrogen) atoms. The molecule has 0 aliphatic rings. The number of hydrogen-bond donors (Lipinski definition) is 0. The van der Waals surface area contributed by atoms with Gasteiger partial charge in [-0.15, -0.1) is 15.8 Å². The van der Waals surface area contributed by atoms with Gasteiger partial charge in [0.15, 0.2) is 0 Å². The molecule has 0 saturated heterocycles. The Morgan fingerprint density at radius 2 is 0.750 bits per heavy atom. The Kier molecular flexibility index (Phi) is 45.3. The predicted molar refractivity (Wildman–Crippen MR) is 106 cm³/mol. The van der Waals surface area contributed by atoms with Crippen LogP contribution in [0.2, 0.25) is 11.5 Å². The standard InChI is InChI=1S/2C6H15P.C2H6ClGe.ClH.Pt/c2*1-4-7(5-2)6-3;1-4(2)3;;/h2*4-6H2,1-3H3;1-2H3;1H;/q;;;;+1/p-1. The van der Waals surface area contributed by atoms with Gasteiger partial charge in [0, 0.05) is 0 Å². The Morgan fingerprint density at radius 1 is 0.650 bits per heavy atom. The van der Waals surface area contributed by atoms with Crippen LogP contribution in [-0.2, 0) is 18.8 Å². The summed E-state index contributed by atoms with van der Waals surface area (Å²) in [4.78, 5) is 0. The van der Waals surface area contributed by atoms with Gasteiger partial charge in [0.1, 0.15) is 0 Å². The summed E-state index contributed by atoms with van der Waals surface area (Å²) >= 11 is 0.750. The van der Waals surface area contributed by atoms with Gasteiger partial charge in [-0.3, -0.25) is 0 Å². The molecular weight excluding hydrogens is 569 g/mol. The van der Waals surface area contributed by atoms with Gasteiger partial charge in [-0.05, 0) is 37.0 Å². The molecule has 0 fully saturated rings. The molecule has 0 aliphatic heterocycles. The Balaban J connectivity index is -0.0000000933.